The van der Waals surface area contributed by atoms with Crippen LogP contribution in [-0.2, 0) is 11.2 Å². The SMILES string of the molecule is CCc1ccc(NC(=O)CSc2nc3c(cnn3-c3ccc(OC)cc3)c(=O)[nH]2)cc1. The Morgan fingerprint density at radius 3 is 2.58 bits per heavy atom. The van der Waals surface area contributed by atoms with Gasteiger partial charge in [-0.15, -0.1) is 0 Å². The molecule has 0 atom stereocenters. The van der Waals surface area contributed by atoms with Crippen molar-refractivity contribution in [2.75, 3.05) is 18.2 Å². The molecule has 2 aromatic heterocycles. The van der Waals surface area contributed by atoms with Gasteiger partial charge < -0.3 is 15.0 Å². The van der Waals surface area contributed by atoms with Gasteiger partial charge in [0.1, 0.15) is 11.1 Å². The highest BCUT2D eigenvalue weighted by molar-refractivity contribution is 7.99. The quantitative estimate of drug-likeness (QED) is 0.341. The van der Waals surface area contributed by atoms with Gasteiger partial charge in [-0.1, -0.05) is 30.8 Å². The van der Waals surface area contributed by atoms with Crippen molar-refractivity contribution in [1.29, 1.82) is 0 Å². The number of H-pyrrole nitrogens is 1. The Morgan fingerprint density at radius 2 is 1.90 bits per heavy atom. The number of nitrogens with zero attached hydrogens (tertiary/aromatic N) is 3. The number of rotatable bonds is 7. The van der Waals surface area contributed by atoms with E-state index in [0.29, 0.717) is 16.2 Å². The fourth-order valence-corrected chi connectivity index (χ4v) is 3.69. The molecule has 0 radical (unpaired) electrons. The van der Waals surface area contributed by atoms with Crippen LogP contribution in [0.25, 0.3) is 16.7 Å². The molecule has 0 aliphatic carbocycles. The molecule has 2 heterocycles. The van der Waals surface area contributed by atoms with Crippen LogP contribution >= 0.6 is 11.8 Å². The number of hydrogen-bond acceptors (Lipinski definition) is 6. The molecule has 1 amide bonds. The van der Waals surface area contributed by atoms with E-state index in [-0.39, 0.29) is 17.2 Å². The molecule has 0 aliphatic heterocycles. The Labute approximate surface area is 182 Å². The first kappa shape index (κ1) is 20.7. The number of benzene rings is 2. The van der Waals surface area contributed by atoms with Crippen LogP contribution in [-0.4, -0.2) is 38.5 Å². The summed E-state index contributed by atoms with van der Waals surface area (Å²) in [6, 6.07) is 15.0. The number of anilines is 1. The molecule has 4 aromatic rings. The number of hydrogen-bond donors (Lipinski definition) is 2. The highest BCUT2D eigenvalue weighted by atomic mass is 32.2. The summed E-state index contributed by atoms with van der Waals surface area (Å²) in [5, 5.41) is 7.87. The first-order valence-electron chi connectivity index (χ1n) is 9.71. The van der Waals surface area contributed by atoms with Crippen LogP contribution in [0.1, 0.15) is 12.5 Å². The molecular weight excluding hydrogens is 414 g/mol. The lowest BCUT2D eigenvalue weighted by Crippen LogP contribution is -2.15. The van der Waals surface area contributed by atoms with Gasteiger partial charge in [0.25, 0.3) is 5.56 Å². The highest BCUT2D eigenvalue weighted by Crippen LogP contribution is 2.20. The summed E-state index contributed by atoms with van der Waals surface area (Å²) in [6.07, 6.45) is 2.42. The van der Waals surface area contributed by atoms with Crippen LogP contribution in [0.5, 0.6) is 5.75 Å². The Kier molecular flexibility index (Phi) is 6.03. The maximum Gasteiger partial charge on any atom is 0.262 e. The first-order chi connectivity index (χ1) is 15.1. The number of aromatic amines is 1. The van der Waals surface area contributed by atoms with Crippen molar-refractivity contribution >= 4 is 34.4 Å². The zero-order valence-electron chi connectivity index (χ0n) is 17.1. The second-order valence-electron chi connectivity index (χ2n) is 6.75. The lowest BCUT2D eigenvalue weighted by Gasteiger charge is -2.07. The number of aryl methyl sites for hydroxylation is 1. The molecule has 0 spiro atoms. The van der Waals surface area contributed by atoms with Crippen LogP contribution in [0.4, 0.5) is 5.69 Å². The van der Waals surface area contributed by atoms with Gasteiger partial charge in [-0.25, -0.2) is 9.67 Å². The number of ether oxygens (including phenoxy) is 1. The average molecular weight is 436 g/mol. The van der Waals surface area contributed by atoms with E-state index in [9.17, 15) is 9.59 Å². The van der Waals surface area contributed by atoms with Crippen LogP contribution < -0.4 is 15.6 Å². The van der Waals surface area contributed by atoms with Crippen molar-refractivity contribution < 1.29 is 9.53 Å². The Hall–Kier alpha value is -3.59. The third-order valence-corrected chi connectivity index (χ3v) is 5.59. The second-order valence-corrected chi connectivity index (χ2v) is 7.71. The number of carbonyl (C=O) groups is 1. The third kappa shape index (κ3) is 4.61. The molecule has 4 rings (SSSR count). The van der Waals surface area contributed by atoms with Crippen LogP contribution in [0.3, 0.4) is 0 Å². The van der Waals surface area contributed by atoms with Gasteiger partial charge in [0.2, 0.25) is 5.91 Å². The van der Waals surface area contributed by atoms with Crippen molar-refractivity contribution in [2.24, 2.45) is 0 Å². The number of thioether (sulfide) groups is 1. The summed E-state index contributed by atoms with van der Waals surface area (Å²) in [4.78, 5) is 32.0. The van der Waals surface area contributed by atoms with E-state index in [2.05, 4.69) is 27.3 Å². The summed E-state index contributed by atoms with van der Waals surface area (Å²) in [5.74, 6) is 0.652. The number of carbonyl (C=O) groups excluding carboxylic acids is 1. The predicted molar refractivity (Wildman–Crippen MR) is 121 cm³/mol. The number of nitrogens with one attached hydrogen (secondary N) is 2. The van der Waals surface area contributed by atoms with Crippen molar-refractivity contribution in [2.45, 2.75) is 18.5 Å². The Balaban J connectivity index is 1.51. The standard InChI is InChI=1S/C22H21N5O3S/c1-3-14-4-6-15(7-5-14)24-19(28)13-31-22-25-20-18(21(29)26-22)12-23-27(20)16-8-10-17(30-2)11-9-16/h4-12H,3,13H2,1-2H3,(H,24,28)(H,25,26,29). The minimum atomic E-state index is -0.303. The summed E-state index contributed by atoms with van der Waals surface area (Å²) < 4.78 is 6.77. The molecule has 2 N–H and O–H groups in total. The molecular formula is C22H21N5O3S. The van der Waals surface area contributed by atoms with Crippen molar-refractivity contribution in [3.8, 4) is 11.4 Å². The summed E-state index contributed by atoms with van der Waals surface area (Å²) in [7, 11) is 1.60. The van der Waals surface area contributed by atoms with Gasteiger partial charge in [0.15, 0.2) is 10.8 Å². The maximum atomic E-state index is 12.5. The van der Waals surface area contributed by atoms with Crippen LogP contribution in [0.15, 0.2) is 64.7 Å². The predicted octanol–water partition coefficient (Wildman–Crippen LogP) is 3.41. The van der Waals surface area contributed by atoms with E-state index in [1.807, 2.05) is 48.5 Å². The van der Waals surface area contributed by atoms with E-state index in [0.717, 1.165) is 35.3 Å². The zero-order valence-corrected chi connectivity index (χ0v) is 17.9. The first-order valence-corrected chi connectivity index (χ1v) is 10.7. The fourth-order valence-electron chi connectivity index (χ4n) is 3.03. The van der Waals surface area contributed by atoms with Gasteiger partial charge in [-0.2, -0.15) is 5.10 Å². The minimum absolute atomic E-state index is 0.112. The smallest absolute Gasteiger partial charge is 0.262 e. The van der Waals surface area contributed by atoms with E-state index >= 15 is 0 Å². The van der Waals surface area contributed by atoms with Gasteiger partial charge >= 0.3 is 0 Å². The lowest BCUT2D eigenvalue weighted by molar-refractivity contribution is -0.113. The fraction of sp³-hybridized carbons (Fsp3) is 0.182. The molecule has 0 fully saturated rings. The maximum absolute atomic E-state index is 12.5. The van der Waals surface area contributed by atoms with E-state index in [4.69, 9.17) is 4.74 Å². The topological polar surface area (TPSA) is 102 Å². The largest absolute Gasteiger partial charge is 0.497 e. The zero-order chi connectivity index (χ0) is 21.8. The molecule has 158 valence electrons. The number of amides is 1. The molecule has 0 unspecified atom stereocenters. The number of aromatic nitrogens is 4. The molecule has 0 aliphatic rings. The van der Waals surface area contributed by atoms with E-state index in [1.54, 1.807) is 11.8 Å². The molecule has 8 nitrogen and oxygen atoms in total. The van der Waals surface area contributed by atoms with Gasteiger partial charge in [-0.05, 0) is 48.4 Å². The minimum Gasteiger partial charge on any atom is -0.497 e. The van der Waals surface area contributed by atoms with Gasteiger partial charge in [0, 0.05) is 5.69 Å². The van der Waals surface area contributed by atoms with Gasteiger partial charge in [0.05, 0.1) is 24.7 Å². The molecule has 0 saturated carbocycles. The molecule has 0 bridgehead atoms. The van der Waals surface area contributed by atoms with Gasteiger partial charge in [-0.3, -0.25) is 9.59 Å². The van der Waals surface area contributed by atoms with Crippen LogP contribution in [0, 0.1) is 0 Å². The molecule has 9 heteroatoms. The molecule has 31 heavy (non-hydrogen) atoms. The average Bonchev–Trinajstić information content (AvgIpc) is 3.23. The third-order valence-electron chi connectivity index (χ3n) is 4.72. The summed E-state index contributed by atoms with van der Waals surface area (Å²) in [5.41, 5.74) is 2.81. The number of fused-ring (bicyclic) bond motifs is 1. The van der Waals surface area contributed by atoms with E-state index in [1.165, 1.54) is 11.8 Å². The van der Waals surface area contributed by atoms with Crippen LogP contribution in [0.2, 0.25) is 0 Å². The van der Waals surface area contributed by atoms with Crippen molar-refractivity contribution in [3.63, 3.8) is 0 Å². The van der Waals surface area contributed by atoms with Crippen molar-refractivity contribution in [3.05, 3.63) is 70.6 Å². The molecule has 2 aromatic carbocycles. The Morgan fingerprint density at radius 1 is 1.16 bits per heavy atom. The Bertz CT molecular complexity index is 1260. The lowest BCUT2D eigenvalue weighted by atomic mass is 10.1. The normalized spacial score (nSPS) is 10.9. The summed E-state index contributed by atoms with van der Waals surface area (Å²) in [6.45, 7) is 2.08. The monoisotopic (exact) mass is 435 g/mol. The number of methoxy groups -OCH3 is 1. The van der Waals surface area contributed by atoms with Crippen molar-refractivity contribution in [1.82, 2.24) is 19.7 Å². The molecule has 0 saturated heterocycles. The second kappa shape index (κ2) is 9.05. The van der Waals surface area contributed by atoms with E-state index < -0.39 is 0 Å². The highest BCUT2D eigenvalue weighted by Gasteiger charge is 2.13. The summed E-state index contributed by atoms with van der Waals surface area (Å²) >= 11 is 1.16.